The van der Waals surface area contributed by atoms with Crippen molar-refractivity contribution in [3.63, 3.8) is 0 Å². The standard InChI is InChI=1S/C64H112O6/c1-4-7-10-13-16-19-22-25-28-31-32-34-36-39-42-45-48-51-54-57-63(66)69-60-61(59-68-62(65)56-53-50-47-44-41-38-35-30-27-24-21-18-15-12-9-6-3)70-64(67)58-55-52-49-46-43-40-37-33-29-26-23-20-17-14-11-8-5-2/h8,11,17,20-21,24-26,28-30,35,61H,4-7,9-10,12-16,18-19,22-23,27,31-34,36-60H2,1-3H3/b11-8-,20-17-,24-21-,28-25-,29-26-,35-30-. The van der Waals surface area contributed by atoms with Gasteiger partial charge in [-0.3, -0.25) is 14.4 Å². The molecule has 0 bridgehead atoms. The lowest BCUT2D eigenvalue weighted by Gasteiger charge is -2.18. The first kappa shape index (κ1) is 66.9. The fraction of sp³-hybridized carbons (Fsp3) is 0.766. The van der Waals surface area contributed by atoms with Gasteiger partial charge in [0.2, 0.25) is 0 Å². The third-order valence-corrected chi connectivity index (χ3v) is 12.9. The van der Waals surface area contributed by atoms with Crippen molar-refractivity contribution in [3.05, 3.63) is 72.9 Å². The highest BCUT2D eigenvalue weighted by Crippen LogP contribution is 2.15. The minimum atomic E-state index is -0.788. The molecule has 0 spiro atoms. The molecule has 6 heteroatoms. The molecule has 0 radical (unpaired) electrons. The van der Waals surface area contributed by atoms with Crippen molar-refractivity contribution in [2.45, 2.75) is 303 Å². The molecule has 0 heterocycles. The molecule has 0 fully saturated rings. The molecule has 0 aromatic rings. The lowest BCUT2D eigenvalue weighted by Crippen LogP contribution is -2.30. The summed E-state index contributed by atoms with van der Waals surface area (Å²) in [6.07, 6.45) is 74.6. The molecular formula is C64H112O6. The van der Waals surface area contributed by atoms with Crippen molar-refractivity contribution < 1.29 is 28.6 Å². The number of allylic oxidation sites excluding steroid dienone is 12. The van der Waals surface area contributed by atoms with E-state index in [1.807, 2.05) is 0 Å². The van der Waals surface area contributed by atoms with Gasteiger partial charge in [0.15, 0.2) is 6.10 Å². The largest absolute Gasteiger partial charge is 0.462 e. The third kappa shape index (κ3) is 55.8. The Morgan fingerprint density at radius 2 is 0.557 bits per heavy atom. The van der Waals surface area contributed by atoms with Gasteiger partial charge in [-0.2, -0.15) is 0 Å². The van der Waals surface area contributed by atoms with Gasteiger partial charge in [-0.15, -0.1) is 0 Å². The number of rotatable bonds is 54. The second kappa shape index (κ2) is 58.4. The molecule has 6 nitrogen and oxygen atoms in total. The Morgan fingerprint density at radius 1 is 0.300 bits per heavy atom. The molecule has 0 N–H and O–H groups in total. The molecular weight excluding hydrogens is 865 g/mol. The summed E-state index contributed by atoms with van der Waals surface area (Å²) in [4.78, 5) is 38.2. The molecule has 1 unspecified atom stereocenters. The van der Waals surface area contributed by atoms with E-state index in [0.29, 0.717) is 19.3 Å². The first-order valence-corrected chi connectivity index (χ1v) is 29.9. The van der Waals surface area contributed by atoms with E-state index in [9.17, 15) is 14.4 Å². The molecule has 1 atom stereocenters. The van der Waals surface area contributed by atoms with Gasteiger partial charge in [0.1, 0.15) is 13.2 Å². The van der Waals surface area contributed by atoms with Gasteiger partial charge in [0.05, 0.1) is 0 Å². The van der Waals surface area contributed by atoms with E-state index < -0.39 is 6.10 Å². The zero-order valence-corrected chi connectivity index (χ0v) is 46.3. The Bertz CT molecular complexity index is 1310. The summed E-state index contributed by atoms with van der Waals surface area (Å²) in [7, 11) is 0. The van der Waals surface area contributed by atoms with Gasteiger partial charge in [-0.25, -0.2) is 0 Å². The molecule has 0 rings (SSSR count). The Morgan fingerprint density at radius 3 is 0.900 bits per heavy atom. The summed E-state index contributed by atoms with van der Waals surface area (Å²) in [6.45, 7) is 6.51. The highest BCUT2D eigenvalue weighted by molar-refractivity contribution is 5.71. The van der Waals surface area contributed by atoms with Crippen LogP contribution in [0.2, 0.25) is 0 Å². The van der Waals surface area contributed by atoms with E-state index in [1.54, 1.807) is 0 Å². The van der Waals surface area contributed by atoms with E-state index in [4.69, 9.17) is 14.2 Å². The van der Waals surface area contributed by atoms with E-state index in [1.165, 1.54) is 154 Å². The second-order valence-corrected chi connectivity index (χ2v) is 19.9. The highest BCUT2D eigenvalue weighted by Gasteiger charge is 2.19. The van der Waals surface area contributed by atoms with E-state index in [2.05, 4.69) is 93.7 Å². The lowest BCUT2D eigenvalue weighted by molar-refractivity contribution is -0.167. The van der Waals surface area contributed by atoms with Crippen LogP contribution in [0.5, 0.6) is 0 Å². The van der Waals surface area contributed by atoms with Crippen LogP contribution in [0.25, 0.3) is 0 Å². The fourth-order valence-electron chi connectivity index (χ4n) is 8.42. The van der Waals surface area contributed by atoms with Crippen LogP contribution < -0.4 is 0 Å². The van der Waals surface area contributed by atoms with Crippen molar-refractivity contribution in [2.75, 3.05) is 13.2 Å². The summed E-state index contributed by atoms with van der Waals surface area (Å²) in [5, 5.41) is 0. The zero-order valence-electron chi connectivity index (χ0n) is 46.3. The van der Waals surface area contributed by atoms with Crippen LogP contribution in [0.3, 0.4) is 0 Å². The maximum absolute atomic E-state index is 12.9. The van der Waals surface area contributed by atoms with Crippen molar-refractivity contribution in [3.8, 4) is 0 Å². The fourth-order valence-corrected chi connectivity index (χ4v) is 8.42. The Hall–Kier alpha value is -3.15. The number of hydrogen-bond donors (Lipinski definition) is 0. The van der Waals surface area contributed by atoms with Crippen LogP contribution in [0.4, 0.5) is 0 Å². The van der Waals surface area contributed by atoms with Crippen LogP contribution in [0, 0.1) is 0 Å². The lowest BCUT2D eigenvalue weighted by atomic mass is 10.1. The Balaban J connectivity index is 4.40. The van der Waals surface area contributed by atoms with Gasteiger partial charge in [-0.1, -0.05) is 241 Å². The van der Waals surface area contributed by atoms with E-state index in [-0.39, 0.29) is 31.1 Å². The minimum absolute atomic E-state index is 0.0842. The molecule has 0 aromatic carbocycles. The first-order chi connectivity index (χ1) is 34.5. The van der Waals surface area contributed by atoms with Gasteiger partial charge in [0.25, 0.3) is 0 Å². The third-order valence-electron chi connectivity index (χ3n) is 12.9. The van der Waals surface area contributed by atoms with E-state index in [0.717, 1.165) is 103 Å². The van der Waals surface area contributed by atoms with Gasteiger partial charge < -0.3 is 14.2 Å². The summed E-state index contributed by atoms with van der Waals surface area (Å²) in [5.74, 6) is -0.900. The maximum Gasteiger partial charge on any atom is 0.306 e. The molecule has 404 valence electrons. The monoisotopic (exact) mass is 977 g/mol. The quantitative estimate of drug-likeness (QED) is 0.0261. The van der Waals surface area contributed by atoms with E-state index >= 15 is 0 Å². The van der Waals surface area contributed by atoms with Crippen LogP contribution in [-0.2, 0) is 28.6 Å². The summed E-state index contributed by atoms with van der Waals surface area (Å²) < 4.78 is 16.9. The highest BCUT2D eigenvalue weighted by atomic mass is 16.6. The average molecular weight is 978 g/mol. The summed E-state index contributed by atoms with van der Waals surface area (Å²) >= 11 is 0. The van der Waals surface area contributed by atoms with Gasteiger partial charge in [-0.05, 0) is 109 Å². The molecule has 70 heavy (non-hydrogen) atoms. The molecule has 0 aliphatic rings. The summed E-state index contributed by atoms with van der Waals surface area (Å²) in [6, 6.07) is 0. The topological polar surface area (TPSA) is 78.9 Å². The molecule has 0 amide bonds. The number of hydrogen-bond acceptors (Lipinski definition) is 6. The SMILES string of the molecule is CC/C=C\C/C=C\C/C=C\CCCCCCCCCC(=O)OC(COC(=O)CCCCCCC/C=C\C/C=C\CCCCCC)COC(=O)CCCCCCCCCCC/C=C\CCCCCCCC. The second-order valence-electron chi connectivity index (χ2n) is 19.9. The van der Waals surface area contributed by atoms with Crippen molar-refractivity contribution in [1.82, 2.24) is 0 Å². The number of carbonyl (C=O) groups is 3. The Kier molecular flexibility index (Phi) is 55.8. The number of unbranched alkanes of at least 4 members (excludes halogenated alkanes) is 31. The predicted molar refractivity (Wildman–Crippen MR) is 302 cm³/mol. The molecule has 0 saturated carbocycles. The summed E-state index contributed by atoms with van der Waals surface area (Å²) in [5.41, 5.74) is 0. The number of carbonyl (C=O) groups excluding carboxylic acids is 3. The Labute approximate surface area is 433 Å². The normalized spacial score (nSPS) is 12.6. The molecule has 0 aromatic heterocycles. The smallest absolute Gasteiger partial charge is 0.306 e. The predicted octanol–water partition coefficient (Wildman–Crippen LogP) is 20.2. The van der Waals surface area contributed by atoms with Crippen molar-refractivity contribution in [2.24, 2.45) is 0 Å². The van der Waals surface area contributed by atoms with Crippen LogP contribution >= 0.6 is 0 Å². The van der Waals surface area contributed by atoms with Crippen molar-refractivity contribution >= 4 is 17.9 Å². The molecule has 0 saturated heterocycles. The van der Waals surface area contributed by atoms with Gasteiger partial charge in [0, 0.05) is 19.3 Å². The average Bonchev–Trinajstić information content (AvgIpc) is 3.36. The maximum atomic E-state index is 12.9. The van der Waals surface area contributed by atoms with Crippen molar-refractivity contribution in [1.29, 1.82) is 0 Å². The van der Waals surface area contributed by atoms with Crippen LogP contribution in [-0.4, -0.2) is 37.2 Å². The zero-order chi connectivity index (χ0) is 50.7. The first-order valence-electron chi connectivity index (χ1n) is 29.9. The molecule has 0 aliphatic carbocycles. The van der Waals surface area contributed by atoms with Crippen LogP contribution in [0.1, 0.15) is 297 Å². The van der Waals surface area contributed by atoms with Gasteiger partial charge >= 0.3 is 17.9 Å². The number of ether oxygens (including phenoxy) is 3. The van der Waals surface area contributed by atoms with Crippen LogP contribution in [0.15, 0.2) is 72.9 Å². The number of esters is 3. The molecule has 0 aliphatic heterocycles. The minimum Gasteiger partial charge on any atom is -0.462 e.